The van der Waals surface area contributed by atoms with E-state index in [0.29, 0.717) is 5.56 Å². The van der Waals surface area contributed by atoms with Crippen LogP contribution in [0.5, 0.6) is 0 Å². The lowest BCUT2D eigenvalue weighted by Crippen LogP contribution is -2.31. The highest BCUT2D eigenvalue weighted by Gasteiger charge is 2.22. The minimum absolute atomic E-state index is 0.0578. The largest absolute Gasteiger partial charge is 0.244 e. The molecule has 5 heteroatoms. The van der Waals surface area contributed by atoms with E-state index < -0.39 is 10.0 Å². The van der Waals surface area contributed by atoms with Crippen molar-refractivity contribution in [1.82, 2.24) is 4.31 Å². The molecule has 0 amide bonds. The zero-order valence-corrected chi connectivity index (χ0v) is 14.8. The Balaban J connectivity index is 2.20. The maximum Gasteiger partial charge on any atom is 0.244 e. The first-order valence-corrected chi connectivity index (χ1v) is 9.08. The fourth-order valence-corrected chi connectivity index (χ4v) is 3.42. The molecule has 25 heavy (non-hydrogen) atoms. The predicted molar refractivity (Wildman–Crippen MR) is 98.2 cm³/mol. The molecule has 0 aliphatic carbocycles. The molecule has 0 heterocycles. The number of nitriles is 1. The van der Waals surface area contributed by atoms with Gasteiger partial charge in [-0.05, 0) is 43.3 Å². The molecule has 0 aliphatic rings. The summed E-state index contributed by atoms with van der Waals surface area (Å²) in [6.07, 6.45) is 1.54. The van der Waals surface area contributed by atoms with Crippen molar-refractivity contribution in [3.05, 3.63) is 77.9 Å². The van der Waals surface area contributed by atoms with E-state index in [4.69, 9.17) is 5.26 Å². The summed E-state index contributed by atoms with van der Waals surface area (Å²) < 4.78 is 26.7. The molecule has 0 radical (unpaired) electrons. The fourth-order valence-electron chi connectivity index (χ4n) is 2.11. The maximum absolute atomic E-state index is 12.7. The normalized spacial score (nSPS) is 10.6. The number of hydrogen-bond donors (Lipinski definition) is 0. The Labute approximate surface area is 149 Å². The van der Waals surface area contributed by atoms with Crippen molar-refractivity contribution in [1.29, 1.82) is 5.26 Å². The predicted octanol–water partition coefficient (Wildman–Crippen LogP) is 3.10. The van der Waals surface area contributed by atoms with Gasteiger partial charge < -0.3 is 0 Å². The van der Waals surface area contributed by atoms with Gasteiger partial charge in [0.25, 0.3) is 0 Å². The van der Waals surface area contributed by atoms with Crippen LogP contribution in [0.2, 0.25) is 0 Å². The number of rotatable bonds is 5. The molecule has 0 bridgehead atoms. The zero-order valence-electron chi connectivity index (χ0n) is 13.9. The first-order chi connectivity index (χ1) is 12.0. The van der Waals surface area contributed by atoms with Gasteiger partial charge in [0.1, 0.15) is 0 Å². The Kier molecular flexibility index (Phi) is 6.14. The van der Waals surface area contributed by atoms with E-state index in [1.165, 1.54) is 10.4 Å². The highest BCUT2D eigenvalue weighted by Crippen LogP contribution is 2.16. The summed E-state index contributed by atoms with van der Waals surface area (Å²) in [5, 5.41) is 8.78. The van der Waals surface area contributed by atoms with Gasteiger partial charge in [-0.25, -0.2) is 8.42 Å². The summed E-state index contributed by atoms with van der Waals surface area (Å²) in [7, 11) is -3.63. The first-order valence-electron chi connectivity index (χ1n) is 7.64. The van der Waals surface area contributed by atoms with E-state index in [9.17, 15) is 8.42 Å². The molecule has 0 saturated heterocycles. The molecule has 0 aromatic heterocycles. The van der Waals surface area contributed by atoms with E-state index in [0.717, 1.165) is 11.1 Å². The summed E-state index contributed by atoms with van der Waals surface area (Å²) in [5.74, 6) is 5.80. The van der Waals surface area contributed by atoms with E-state index in [2.05, 4.69) is 18.4 Å². The van der Waals surface area contributed by atoms with Crippen LogP contribution in [0.25, 0.3) is 0 Å². The number of benzene rings is 2. The van der Waals surface area contributed by atoms with Crippen LogP contribution >= 0.6 is 0 Å². The maximum atomic E-state index is 12.7. The van der Waals surface area contributed by atoms with Crippen molar-refractivity contribution < 1.29 is 8.42 Å². The molecule has 0 atom stereocenters. The van der Waals surface area contributed by atoms with E-state index in [-0.39, 0.29) is 18.0 Å². The van der Waals surface area contributed by atoms with Crippen molar-refractivity contribution in [2.24, 2.45) is 0 Å². The van der Waals surface area contributed by atoms with Crippen molar-refractivity contribution >= 4 is 10.0 Å². The zero-order chi connectivity index (χ0) is 18.3. The third-order valence-electron chi connectivity index (χ3n) is 3.49. The molecule has 2 aromatic rings. The standard InChI is InChI=1S/C20H18N2O2S/c1-3-14-22(25(23,24)20-12-6-17(2)7-13-20)15-4-5-18-8-10-19(16-21)11-9-18/h3,6-13H,1,14-15H2,2H3. The molecule has 0 fully saturated rings. The summed E-state index contributed by atoms with van der Waals surface area (Å²) in [4.78, 5) is 0.236. The average molecular weight is 350 g/mol. The molecule has 4 nitrogen and oxygen atoms in total. The quantitative estimate of drug-likeness (QED) is 0.615. The molecule has 2 rings (SSSR count). The summed E-state index contributed by atoms with van der Waals surface area (Å²) in [6, 6.07) is 15.6. The summed E-state index contributed by atoms with van der Waals surface area (Å²) >= 11 is 0. The van der Waals surface area contributed by atoms with Gasteiger partial charge >= 0.3 is 0 Å². The van der Waals surface area contributed by atoms with Crippen LogP contribution in [-0.4, -0.2) is 25.8 Å². The van der Waals surface area contributed by atoms with Crippen molar-refractivity contribution in [2.75, 3.05) is 13.1 Å². The SMILES string of the molecule is C=CCN(CC#Cc1ccc(C#N)cc1)S(=O)(=O)c1ccc(C)cc1. The lowest BCUT2D eigenvalue weighted by Gasteiger charge is -2.18. The van der Waals surface area contributed by atoms with Crippen LogP contribution in [0.15, 0.2) is 66.1 Å². The molecule has 0 saturated carbocycles. The number of hydrogen-bond acceptors (Lipinski definition) is 3. The van der Waals surface area contributed by atoms with Crippen molar-refractivity contribution in [2.45, 2.75) is 11.8 Å². The third kappa shape index (κ3) is 4.81. The van der Waals surface area contributed by atoms with Crippen LogP contribution < -0.4 is 0 Å². The Morgan fingerprint density at radius 3 is 2.24 bits per heavy atom. The fraction of sp³-hybridized carbons (Fsp3) is 0.150. The van der Waals surface area contributed by atoms with Gasteiger partial charge in [0.15, 0.2) is 0 Å². The van der Waals surface area contributed by atoms with E-state index in [1.54, 1.807) is 48.5 Å². The van der Waals surface area contributed by atoms with Crippen molar-refractivity contribution in [3.63, 3.8) is 0 Å². The van der Waals surface area contributed by atoms with Gasteiger partial charge in [0, 0.05) is 12.1 Å². The number of sulfonamides is 1. The Hall–Kier alpha value is -2.86. The smallest absolute Gasteiger partial charge is 0.207 e. The molecular weight excluding hydrogens is 332 g/mol. The van der Waals surface area contributed by atoms with Crippen LogP contribution in [0.1, 0.15) is 16.7 Å². The molecule has 0 aliphatic heterocycles. The second kappa shape index (κ2) is 8.30. The Morgan fingerprint density at radius 2 is 1.68 bits per heavy atom. The minimum Gasteiger partial charge on any atom is -0.207 e. The molecular formula is C20H18N2O2S. The topological polar surface area (TPSA) is 61.2 Å². The summed E-state index contributed by atoms with van der Waals surface area (Å²) in [6.45, 7) is 5.76. The van der Waals surface area contributed by atoms with Crippen molar-refractivity contribution in [3.8, 4) is 17.9 Å². The number of nitrogens with zero attached hydrogens (tertiary/aromatic N) is 2. The van der Waals surface area contributed by atoms with Crippen LogP contribution in [0, 0.1) is 30.1 Å². The Bertz CT molecular complexity index is 942. The summed E-state index contributed by atoms with van der Waals surface area (Å²) in [5.41, 5.74) is 2.28. The number of aryl methyl sites for hydroxylation is 1. The molecule has 2 aromatic carbocycles. The van der Waals surface area contributed by atoms with E-state index >= 15 is 0 Å². The Morgan fingerprint density at radius 1 is 1.08 bits per heavy atom. The lowest BCUT2D eigenvalue weighted by atomic mass is 10.1. The second-order valence-corrected chi connectivity index (χ2v) is 7.33. The van der Waals surface area contributed by atoms with Gasteiger partial charge in [0.2, 0.25) is 10.0 Å². The van der Waals surface area contributed by atoms with Crippen LogP contribution in [-0.2, 0) is 10.0 Å². The molecule has 0 N–H and O–H groups in total. The van der Waals surface area contributed by atoms with Gasteiger partial charge in [-0.3, -0.25) is 0 Å². The molecule has 0 spiro atoms. The third-order valence-corrected chi connectivity index (χ3v) is 5.32. The lowest BCUT2D eigenvalue weighted by molar-refractivity contribution is 0.478. The molecule has 126 valence electrons. The van der Waals surface area contributed by atoms with Gasteiger partial charge in [-0.15, -0.1) is 6.58 Å². The monoisotopic (exact) mass is 350 g/mol. The van der Waals surface area contributed by atoms with Gasteiger partial charge in [-0.1, -0.05) is 35.6 Å². The van der Waals surface area contributed by atoms with Gasteiger partial charge in [-0.2, -0.15) is 9.57 Å². The first kappa shape index (κ1) is 18.5. The van der Waals surface area contributed by atoms with Gasteiger partial charge in [0.05, 0.1) is 23.1 Å². The molecule has 0 unspecified atom stereocenters. The second-order valence-electron chi connectivity index (χ2n) is 5.39. The highest BCUT2D eigenvalue weighted by molar-refractivity contribution is 7.89. The average Bonchev–Trinajstić information content (AvgIpc) is 2.62. The van der Waals surface area contributed by atoms with Crippen LogP contribution in [0.3, 0.4) is 0 Å². The van der Waals surface area contributed by atoms with Crippen LogP contribution in [0.4, 0.5) is 0 Å². The minimum atomic E-state index is -3.63. The highest BCUT2D eigenvalue weighted by atomic mass is 32.2. The van der Waals surface area contributed by atoms with E-state index in [1.807, 2.05) is 13.0 Å².